The number of benzene rings is 4. The fourth-order valence-corrected chi connectivity index (χ4v) is 8.12. The topological polar surface area (TPSA) is 50.2 Å². The average molecular weight is 633 g/mol. The molecule has 236 valence electrons. The molecule has 4 heterocycles. The van der Waals surface area contributed by atoms with Crippen LogP contribution in [0, 0.1) is 13.8 Å². The van der Waals surface area contributed by atoms with Crippen molar-refractivity contribution in [2.24, 2.45) is 4.99 Å². The quantitative estimate of drug-likeness (QED) is 0.197. The second kappa shape index (κ2) is 11.7. The van der Waals surface area contributed by atoms with E-state index in [0.717, 1.165) is 39.2 Å². The molecule has 3 atom stereocenters. The number of aromatic nitrogens is 2. The largest absolute Gasteiger partial charge is 0.384 e. The highest BCUT2D eigenvalue weighted by Crippen LogP contribution is 2.47. The molecule has 4 heteroatoms. The van der Waals surface area contributed by atoms with Crippen LogP contribution < -0.4 is 5.32 Å². The summed E-state index contributed by atoms with van der Waals surface area (Å²) in [6.07, 6.45) is 19.0. The maximum atomic E-state index is 5.52. The summed E-state index contributed by atoms with van der Waals surface area (Å²) < 4.78 is 0. The van der Waals surface area contributed by atoms with Gasteiger partial charge in [0.2, 0.25) is 0 Å². The van der Waals surface area contributed by atoms with Crippen LogP contribution in [0.5, 0.6) is 0 Å². The Morgan fingerprint density at radius 2 is 1.47 bits per heavy atom. The molecule has 1 aliphatic carbocycles. The first kappa shape index (κ1) is 29.3. The van der Waals surface area contributed by atoms with Crippen molar-refractivity contribution in [2.75, 3.05) is 0 Å². The number of aryl methyl sites for hydroxylation is 2. The Labute approximate surface area is 287 Å². The summed E-state index contributed by atoms with van der Waals surface area (Å²) in [5.74, 6) is 0.144. The van der Waals surface area contributed by atoms with Gasteiger partial charge in [-0.15, -0.1) is 0 Å². The first-order chi connectivity index (χ1) is 24.1. The minimum absolute atomic E-state index is 0.0190. The Morgan fingerprint density at radius 1 is 0.694 bits per heavy atom. The smallest absolute Gasteiger partial charge is 0.0794 e. The molecule has 2 aliphatic heterocycles. The number of fused-ring (bicyclic) bond motifs is 6. The third kappa shape index (κ3) is 4.78. The Balaban J connectivity index is 1.34. The van der Waals surface area contributed by atoms with E-state index in [1.54, 1.807) is 0 Å². The van der Waals surface area contributed by atoms with Crippen molar-refractivity contribution >= 4 is 33.0 Å². The van der Waals surface area contributed by atoms with E-state index in [1.165, 1.54) is 49.5 Å². The van der Waals surface area contributed by atoms with Gasteiger partial charge in [-0.25, -0.2) is 4.98 Å². The molecule has 1 N–H and O–H groups in total. The number of dihydropyridines is 1. The summed E-state index contributed by atoms with van der Waals surface area (Å²) in [7, 11) is 0. The maximum absolute atomic E-state index is 5.52. The predicted octanol–water partition coefficient (Wildman–Crippen LogP) is 10.1. The lowest BCUT2D eigenvalue weighted by atomic mass is 9.74. The van der Waals surface area contributed by atoms with E-state index in [9.17, 15) is 0 Å². The van der Waals surface area contributed by atoms with Crippen LogP contribution in [0.3, 0.4) is 0 Å². The van der Waals surface area contributed by atoms with Gasteiger partial charge in [0.05, 0.1) is 23.0 Å². The monoisotopic (exact) mass is 632 g/mol. The molecule has 6 aromatic rings. The zero-order valence-corrected chi connectivity index (χ0v) is 27.9. The lowest BCUT2D eigenvalue weighted by Crippen LogP contribution is -2.28. The van der Waals surface area contributed by atoms with Crippen LogP contribution in [0.15, 0.2) is 145 Å². The first-order valence-corrected chi connectivity index (χ1v) is 17.1. The van der Waals surface area contributed by atoms with Gasteiger partial charge in [0.25, 0.3) is 0 Å². The zero-order chi connectivity index (χ0) is 33.1. The van der Waals surface area contributed by atoms with Crippen molar-refractivity contribution in [3.05, 3.63) is 173 Å². The van der Waals surface area contributed by atoms with E-state index in [0.29, 0.717) is 0 Å². The average Bonchev–Trinajstić information content (AvgIpc) is 3.16. The van der Waals surface area contributed by atoms with Gasteiger partial charge in [-0.1, -0.05) is 91.0 Å². The van der Waals surface area contributed by atoms with Gasteiger partial charge in [0.1, 0.15) is 0 Å². The molecule has 9 rings (SSSR count). The third-order valence-corrected chi connectivity index (χ3v) is 10.4. The van der Waals surface area contributed by atoms with Gasteiger partial charge in [-0.05, 0) is 96.1 Å². The van der Waals surface area contributed by atoms with Gasteiger partial charge < -0.3 is 5.32 Å². The van der Waals surface area contributed by atoms with Crippen LogP contribution in [0.4, 0.5) is 0 Å². The second-order valence-corrected chi connectivity index (χ2v) is 13.3. The number of hydrogen-bond acceptors (Lipinski definition) is 4. The van der Waals surface area contributed by atoms with Crippen molar-refractivity contribution in [3.63, 3.8) is 0 Å². The second-order valence-electron chi connectivity index (χ2n) is 13.3. The normalized spacial score (nSPS) is 19.3. The molecule has 0 bridgehead atoms. The van der Waals surface area contributed by atoms with Crippen molar-refractivity contribution in [1.82, 2.24) is 15.3 Å². The molecule has 0 fully saturated rings. The molecule has 3 unspecified atom stereocenters. The third-order valence-electron chi connectivity index (χ3n) is 10.4. The molecule has 49 heavy (non-hydrogen) atoms. The Kier molecular flexibility index (Phi) is 6.98. The van der Waals surface area contributed by atoms with E-state index in [1.807, 2.05) is 24.7 Å². The fraction of sp³-hybridized carbons (Fsp3) is 0.133. The number of para-hydroxylation sites is 1. The summed E-state index contributed by atoms with van der Waals surface area (Å²) in [5.41, 5.74) is 15.1. The molecule has 2 aromatic heterocycles. The molecule has 4 aromatic carbocycles. The van der Waals surface area contributed by atoms with E-state index in [2.05, 4.69) is 146 Å². The number of rotatable bonds is 4. The molecule has 0 spiro atoms. The van der Waals surface area contributed by atoms with Gasteiger partial charge >= 0.3 is 0 Å². The number of nitrogens with one attached hydrogen (secondary N) is 1. The van der Waals surface area contributed by atoms with Crippen LogP contribution in [0.25, 0.3) is 49.6 Å². The number of hydrogen-bond donors (Lipinski definition) is 1. The number of pyridine rings is 2. The van der Waals surface area contributed by atoms with Gasteiger partial charge in [-0.2, -0.15) is 0 Å². The number of allylic oxidation sites excluding steroid dienone is 4. The molecule has 4 nitrogen and oxygen atoms in total. The first-order valence-electron chi connectivity index (χ1n) is 17.1. The van der Waals surface area contributed by atoms with E-state index < -0.39 is 0 Å². The Hall–Kier alpha value is -5.87. The number of aliphatic imine (C=N–C) groups is 1. The molecule has 0 saturated carbocycles. The molecule has 3 aliphatic rings. The van der Waals surface area contributed by atoms with Crippen LogP contribution in [-0.2, 0) is 0 Å². The number of nitrogens with zero attached hydrogens (tertiary/aromatic N) is 3. The van der Waals surface area contributed by atoms with Gasteiger partial charge in [0.15, 0.2) is 0 Å². The van der Waals surface area contributed by atoms with E-state index in [4.69, 9.17) is 9.98 Å². The van der Waals surface area contributed by atoms with Crippen LogP contribution in [0.2, 0.25) is 0 Å². The highest BCUT2D eigenvalue weighted by atomic mass is 14.9. The summed E-state index contributed by atoms with van der Waals surface area (Å²) in [4.78, 5) is 15.3. The van der Waals surface area contributed by atoms with Crippen molar-refractivity contribution in [3.8, 4) is 22.4 Å². The minimum atomic E-state index is 0.0190. The molecule has 0 radical (unpaired) electrons. The van der Waals surface area contributed by atoms with Gasteiger partial charge in [0, 0.05) is 57.4 Å². The van der Waals surface area contributed by atoms with Crippen molar-refractivity contribution < 1.29 is 0 Å². The predicted molar refractivity (Wildman–Crippen MR) is 204 cm³/mol. The van der Waals surface area contributed by atoms with Gasteiger partial charge in [-0.3, -0.25) is 9.98 Å². The van der Waals surface area contributed by atoms with E-state index >= 15 is 0 Å². The molecular formula is C45H36N4. The molecule has 0 amide bonds. The van der Waals surface area contributed by atoms with Crippen LogP contribution >= 0.6 is 0 Å². The minimum Gasteiger partial charge on any atom is -0.384 e. The molecule has 0 saturated heterocycles. The molecular weight excluding hydrogens is 597 g/mol. The van der Waals surface area contributed by atoms with Crippen molar-refractivity contribution in [1.29, 1.82) is 0 Å². The fourth-order valence-electron chi connectivity index (χ4n) is 8.12. The summed E-state index contributed by atoms with van der Waals surface area (Å²) in [6, 6.07) is 30.6. The zero-order valence-electron chi connectivity index (χ0n) is 27.9. The summed E-state index contributed by atoms with van der Waals surface area (Å²) in [6.45, 7) is 6.81. The lowest BCUT2D eigenvalue weighted by Gasteiger charge is -2.34. The van der Waals surface area contributed by atoms with Crippen molar-refractivity contribution in [2.45, 2.75) is 38.8 Å². The Bertz CT molecular complexity index is 2460. The highest BCUT2D eigenvalue weighted by Gasteiger charge is 2.34. The SMILES string of the molecule is Cc1c2c(c(C)c3c1c(-c1cccc(C4=CC=CNC4C)c1)nc1ccccc13)C(c1cccc(-c3cccnc3)c1)=NC1C=CC=CC21. The van der Waals surface area contributed by atoms with Crippen LogP contribution in [0.1, 0.15) is 46.2 Å². The van der Waals surface area contributed by atoms with Crippen LogP contribution in [-0.4, -0.2) is 27.8 Å². The Morgan fingerprint density at radius 3 is 2.33 bits per heavy atom. The summed E-state index contributed by atoms with van der Waals surface area (Å²) in [5, 5.41) is 7.11. The van der Waals surface area contributed by atoms with E-state index in [-0.39, 0.29) is 18.0 Å². The summed E-state index contributed by atoms with van der Waals surface area (Å²) >= 11 is 0. The standard InChI is InChI=1S/C45H36N4/c1-27-41-37-18-5-7-21-39(37)49-45(33-15-9-13-31(25-33)35-19-11-23-47-29(35)3)43(41)28(2)40-36-17-4-6-20-38(36)48-44(42(27)40)32-14-8-12-30(24-32)34-16-10-22-46-26-34/h4-26,29,36,38,47H,1-3H3. The highest BCUT2D eigenvalue weighted by molar-refractivity contribution is 6.22. The lowest BCUT2D eigenvalue weighted by molar-refractivity contribution is 0.699. The maximum Gasteiger partial charge on any atom is 0.0794 e.